The first-order valence-corrected chi connectivity index (χ1v) is 10.1. The number of carbonyl (C=O) groups is 2. The van der Waals surface area contributed by atoms with Gasteiger partial charge in [-0.25, -0.2) is 0 Å². The molecule has 1 aliphatic heterocycles. The summed E-state index contributed by atoms with van der Waals surface area (Å²) in [5, 5.41) is 2.85. The van der Waals surface area contributed by atoms with E-state index in [9.17, 15) is 9.59 Å². The van der Waals surface area contributed by atoms with Crippen molar-refractivity contribution < 1.29 is 23.8 Å². The minimum Gasteiger partial charge on any atom is -0.493 e. The number of amides is 1. The molecule has 1 heterocycles. The molecule has 6 heteroatoms. The third-order valence-electron chi connectivity index (χ3n) is 5.06. The second-order valence-corrected chi connectivity index (χ2v) is 7.16. The van der Waals surface area contributed by atoms with Crippen molar-refractivity contribution in [2.75, 3.05) is 25.6 Å². The maximum atomic E-state index is 13.0. The second kappa shape index (κ2) is 9.45. The van der Waals surface area contributed by atoms with Gasteiger partial charge in [0.25, 0.3) is 5.91 Å². The van der Waals surface area contributed by atoms with Crippen molar-refractivity contribution in [2.45, 2.75) is 12.5 Å². The van der Waals surface area contributed by atoms with Crippen LogP contribution in [0.4, 0.5) is 5.69 Å². The summed E-state index contributed by atoms with van der Waals surface area (Å²) in [4.78, 5) is 25.9. The lowest BCUT2D eigenvalue weighted by molar-refractivity contribution is 0.102. The number of ketones is 1. The lowest BCUT2D eigenvalue weighted by Crippen LogP contribution is -2.18. The molecule has 1 saturated heterocycles. The van der Waals surface area contributed by atoms with Gasteiger partial charge >= 0.3 is 0 Å². The van der Waals surface area contributed by atoms with Crippen LogP contribution in [0, 0.1) is 0 Å². The van der Waals surface area contributed by atoms with Gasteiger partial charge in [-0.3, -0.25) is 9.59 Å². The van der Waals surface area contributed by atoms with Crippen LogP contribution in [0.5, 0.6) is 11.5 Å². The Morgan fingerprint density at radius 2 is 1.71 bits per heavy atom. The van der Waals surface area contributed by atoms with Crippen molar-refractivity contribution in [1.82, 2.24) is 0 Å². The average Bonchev–Trinajstić information content (AvgIpc) is 3.32. The maximum Gasteiger partial charge on any atom is 0.255 e. The summed E-state index contributed by atoms with van der Waals surface area (Å²) < 4.78 is 16.7. The van der Waals surface area contributed by atoms with Crippen LogP contribution in [0.15, 0.2) is 72.8 Å². The van der Waals surface area contributed by atoms with Crippen LogP contribution in [0.2, 0.25) is 0 Å². The fraction of sp³-hybridized carbons (Fsp3) is 0.200. The highest BCUT2D eigenvalue weighted by atomic mass is 16.6. The number of anilines is 1. The van der Waals surface area contributed by atoms with Crippen LogP contribution < -0.4 is 14.8 Å². The fourth-order valence-corrected chi connectivity index (χ4v) is 3.43. The molecule has 0 spiro atoms. The van der Waals surface area contributed by atoms with Crippen LogP contribution >= 0.6 is 0 Å². The molecular formula is C25H23NO5. The van der Waals surface area contributed by atoms with Crippen molar-refractivity contribution in [1.29, 1.82) is 0 Å². The molecule has 0 radical (unpaired) electrons. The Morgan fingerprint density at radius 1 is 0.935 bits per heavy atom. The molecule has 1 unspecified atom stereocenters. The highest BCUT2D eigenvalue weighted by Crippen LogP contribution is 2.31. The first kappa shape index (κ1) is 20.6. The van der Waals surface area contributed by atoms with Gasteiger partial charge in [-0.1, -0.05) is 42.5 Å². The van der Waals surface area contributed by atoms with E-state index in [0.717, 1.165) is 6.42 Å². The van der Waals surface area contributed by atoms with Crippen LogP contribution in [0.25, 0.3) is 0 Å². The normalized spacial score (nSPS) is 15.3. The van der Waals surface area contributed by atoms with E-state index >= 15 is 0 Å². The Labute approximate surface area is 180 Å². The van der Waals surface area contributed by atoms with E-state index in [0.29, 0.717) is 47.1 Å². The Balaban J connectivity index is 1.57. The number of hydrogen-bond acceptors (Lipinski definition) is 5. The van der Waals surface area contributed by atoms with E-state index < -0.39 is 0 Å². The predicted molar refractivity (Wildman–Crippen MR) is 117 cm³/mol. The number of para-hydroxylation sites is 1. The largest absolute Gasteiger partial charge is 0.493 e. The molecule has 1 amide bonds. The fourth-order valence-electron chi connectivity index (χ4n) is 3.43. The maximum absolute atomic E-state index is 13.0. The quantitative estimate of drug-likeness (QED) is 0.579. The van der Waals surface area contributed by atoms with E-state index in [4.69, 9.17) is 14.2 Å². The SMILES string of the molecule is COc1ccc(C(=O)Nc2ccccc2C(=O)c2ccccc2)cc1OC1CCOC1. The summed E-state index contributed by atoms with van der Waals surface area (Å²) in [5.74, 6) is 0.530. The molecule has 1 atom stereocenters. The minimum absolute atomic E-state index is 0.0727. The van der Waals surface area contributed by atoms with Crippen molar-refractivity contribution in [2.24, 2.45) is 0 Å². The van der Waals surface area contributed by atoms with Crippen molar-refractivity contribution in [3.8, 4) is 11.5 Å². The molecule has 3 aromatic rings. The Kier molecular flexibility index (Phi) is 6.29. The highest BCUT2D eigenvalue weighted by molar-refractivity contribution is 6.15. The standard InChI is InChI=1S/C25H23NO5/c1-29-22-12-11-18(15-23(22)31-19-13-14-30-16-19)25(28)26-21-10-6-5-9-20(21)24(27)17-7-3-2-4-8-17/h2-12,15,19H,13-14,16H2,1H3,(H,26,28). The minimum atomic E-state index is -0.344. The zero-order valence-corrected chi connectivity index (χ0v) is 17.2. The smallest absolute Gasteiger partial charge is 0.255 e. The highest BCUT2D eigenvalue weighted by Gasteiger charge is 2.21. The van der Waals surface area contributed by atoms with E-state index in [1.165, 1.54) is 0 Å². The van der Waals surface area contributed by atoms with Crippen LogP contribution in [0.1, 0.15) is 32.7 Å². The lowest BCUT2D eigenvalue weighted by Gasteiger charge is -2.16. The van der Waals surface area contributed by atoms with E-state index in [2.05, 4.69) is 5.32 Å². The van der Waals surface area contributed by atoms with E-state index in [1.807, 2.05) is 18.2 Å². The number of ether oxygens (including phenoxy) is 3. The molecule has 1 N–H and O–H groups in total. The number of nitrogens with one attached hydrogen (secondary N) is 1. The van der Waals surface area contributed by atoms with Crippen molar-refractivity contribution in [3.05, 3.63) is 89.5 Å². The van der Waals surface area contributed by atoms with E-state index in [1.54, 1.807) is 61.7 Å². The number of hydrogen-bond donors (Lipinski definition) is 1. The van der Waals surface area contributed by atoms with E-state index in [-0.39, 0.29) is 17.8 Å². The van der Waals surface area contributed by atoms with Gasteiger partial charge in [0.15, 0.2) is 17.3 Å². The Morgan fingerprint density at radius 3 is 2.45 bits per heavy atom. The van der Waals surface area contributed by atoms with Gasteiger partial charge < -0.3 is 19.5 Å². The first-order chi connectivity index (χ1) is 15.2. The van der Waals surface area contributed by atoms with Gasteiger partial charge in [-0.2, -0.15) is 0 Å². The number of methoxy groups -OCH3 is 1. The lowest BCUT2D eigenvalue weighted by atomic mass is 10.0. The predicted octanol–water partition coefficient (Wildman–Crippen LogP) is 4.35. The molecule has 0 saturated carbocycles. The van der Waals surface area contributed by atoms with Gasteiger partial charge in [-0.05, 0) is 30.3 Å². The first-order valence-electron chi connectivity index (χ1n) is 10.1. The summed E-state index contributed by atoms with van der Waals surface area (Å²) in [5.41, 5.74) is 1.83. The van der Waals surface area contributed by atoms with Crippen LogP contribution in [-0.2, 0) is 4.74 Å². The molecule has 0 aliphatic carbocycles. The second-order valence-electron chi connectivity index (χ2n) is 7.16. The molecule has 1 aliphatic rings. The zero-order valence-electron chi connectivity index (χ0n) is 17.2. The molecule has 0 aromatic heterocycles. The van der Waals surface area contributed by atoms with Crippen LogP contribution in [0.3, 0.4) is 0 Å². The molecule has 3 aromatic carbocycles. The summed E-state index contributed by atoms with van der Waals surface area (Å²) >= 11 is 0. The van der Waals surface area contributed by atoms with Gasteiger partial charge in [0, 0.05) is 23.1 Å². The molecular weight excluding hydrogens is 394 g/mol. The third kappa shape index (κ3) is 4.75. The van der Waals surface area contributed by atoms with Crippen LogP contribution in [-0.4, -0.2) is 38.1 Å². The summed E-state index contributed by atoms with van der Waals surface area (Å²) in [7, 11) is 1.55. The molecule has 158 valence electrons. The summed E-state index contributed by atoms with van der Waals surface area (Å²) in [6.07, 6.45) is 0.714. The number of benzene rings is 3. The molecule has 6 nitrogen and oxygen atoms in total. The third-order valence-corrected chi connectivity index (χ3v) is 5.06. The number of rotatable bonds is 7. The monoisotopic (exact) mass is 417 g/mol. The molecule has 31 heavy (non-hydrogen) atoms. The van der Waals surface area contributed by atoms with Gasteiger partial charge in [0.05, 0.1) is 26.0 Å². The average molecular weight is 417 g/mol. The number of carbonyl (C=O) groups excluding carboxylic acids is 2. The zero-order chi connectivity index (χ0) is 21.6. The van der Waals surface area contributed by atoms with Gasteiger partial charge in [0.2, 0.25) is 0 Å². The molecule has 4 rings (SSSR count). The van der Waals surface area contributed by atoms with Gasteiger partial charge in [-0.15, -0.1) is 0 Å². The summed E-state index contributed by atoms with van der Waals surface area (Å²) in [6, 6.07) is 20.9. The van der Waals surface area contributed by atoms with Crippen molar-refractivity contribution in [3.63, 3.8) is 0 Å². The Hall–Kier alpha value is -3.64. The molecule has 1 fully saturated rings. The Bertz CT molecular complexity index is 1070. The topological polar surface area (TPSA) is 73.9 Å². The van der Waals surface area contributed by atoms with Gasteiger partial charge in [0.1, 0.15) is 6.10 Å². The van der Waals surface area contributed by atoms with Crippen molar-refractivity contribution >= 4 is 17.4 Å². The molecule has 0 bridgehead atoms. The summed E-state index contributed by atoms with van der Waals surface area (Å²) in [6.45, 7) is 1.16.